The fraction of sp³-hybridized carbons (Fsp3) is 0.429. The highest BCUT2D eigenvalue weighted by Gasteiger charge is 2.15. The van der Waals surface area contributed by atoms with Crippen LogP contribution in [0.2, 0.25) is 0 Å². The van der Waals surface area contributed by atoms with Crippen molar-refractivity contribution in [1.29, 1.82) is 0 Å². The maximum atomic E-state index is 11.8. The molecular weight excluding hydrogens is 258 g/mol. The van der Waals surface area contributed by atoms with Crippen molar-refractivity contribution in [3.8, 4) is 0 Å². The number of carbonyl (C=O) groups is 2. The Morgan fingerprint density at radius 2 is 1.85 bits per heavy atom. The van der Waals surface area contributed by atoms with Crippen LogP contribution in [0, 0.1) is 0 Å². The number of amides is 2. The molecule has 0 aromatic heterocycles. The molecule has 4 N–H and O–H groups in total. The molecule has 1 fully saturated rings. The average molecular weight is 277 g/mol. The van der Waals surface area contributed by atoms with Crippen molar-refractivity contribution < 1.29 is 14.7 Å². The number of anilines is 1. The van der Waals surface area contributed by atoms with E-state index in [0.717, 1.165) is 25.9 Å². The number of benzene rings is 1. The Bertz CT molecular complexity index is 467. The van der Waals surface area contributed by atoms with E-state index in [1.54, 1.807) is 24.3 Å². The Kier molecular flexibility index (Phi) is 4.95. The Labute approximate surface area is 117 Å². The van der Waals surface area contributed by atoms with Crippen LogP contribution in [0.4, 0.5) is 10.5 Å². The molecule has 0 spiro atoms. The third kappa shape index (κ3) is 4.55. The van der Waals surface area contributed by atoms with Gasteiger partial charge in [0.1, 0.15) is 0 Å². The molecule has 0 radical (unpaired) electrons. The molecule has 0 atom stereocenters. The Morgan fingerprint density at radius 3 is 2.45 bits per heavy atom. The minimum atomic E-state index is -0.866. The van der Waals surface area contributed by atoms with Gasteiger partial charge >= 0.3 is 12.0 Å². The minimum absolute atomic E-state index is 0.0124. The van der Waals surface area contributed by atoms with Gasteiger partial charge < -0.3 is 21.1 Å². The second kappa shape index (κ2) is 6.91. The molecule has 0 aliphatic carbocycles. The second-order valence-electron chi connectivity index (χ2n) is 4.89. The molecule has 2 rings (SSSR count). The summed E-state index contributed by atoms with van der Waals surface area (Å²) in [5.74, 6) is -0.866. The maximum Gasteiger partial charge on any atom is 0.319 e. The summed E-state index contributed by atoms with van der Waals surface area (Å²) in [4.78, 5) is 22.4. The first kappa shape index (κ1) is 14.3. The van der Waals surface area contributed by atoms with Gasteiger partial charge in [0.2, 0.25) is 0 Å². The van der Waals surface area contributed by atoms with Gasteiger partial charge in [-0.1, -0.05) is 12.1 Å². The van der Waals surface area contributed by atoms with Gasteiger partial charge in [-0.05, 0) is 43.6 Å². The SMILES string of the molecule is O=C(O)Cc1ccc(NC(=O)NC2CCNCC2)cc1. The van der Waals surface area contributed by atoms with Crippen molar-refractivity contribution >= 4 is 17.7 Å². The standard InChI is InChI=1S/C14H19N3O3/c18-13(19)9-10-1-3-11(4-2-10)16-14(20)17-12-5-7-15-8-6-12/h1-4,12,15H,5-9H2,(H,18,19)(H2,16,17,20). The number of rotatable bonds is 4. The second-order valence-corrected chi connectivity index (χ2v) is 4.89. The van der Waals surface area contributed by atoms with E-state index < -0.39 is 5.97 Å². The van der Waals surface area contributed by atoms with Crippen LogP contribution in [0.15, 0.2) is 24.3 Å². The molecule has 2 amide bonds. The number of aliphatic carboxylic acids is 1. The minimum Gasteiger partial charge on any atom is -0.481 e. The van der Waals surface area contributed by atoms with E-state index in [9.17, 15) is 9.59 Å². The predicted octanol–water partition coefficient (Wildman–Crippen LogP) is 1.19. The monoisotopic (exact) mass is 277 g/mol. The number of carboxylic acids is 1. The summed E-state index contributed by atoms with van der Waals surface area (Å²) in [5.41, 5.74) is 1.37. The molecule has 0 bridgehead atoms. The van der Waals surface area contributed by atoms with Crippen molar-refractivity contribution in [3.63, 3.8) is 0 Å². The van der Waals surface area contributed by atoms with Crippen molar-refractivity contribution in [1.82, 2.24) is 10.6 Å². The molecule has 1 aliphatic heterocycles. The smallest absolute Gasteiger partial charge is 0.319 e. The normalized spacial score (nSPS) is 15.6. The number of carboxylic acid groups (broad SMARTS) is 1. The Morgan fingerprint density at radius 1 is 1.20 bits per heavy atom. The van der Waals surface area contributed by atoms with Crippen LogP contribution in [0.1, 0.15) is 18.4 Å². The van der Waals surface area contributed by atoms with E-state index >= 15 is 0 Å². The van der Waals surface area contributed by atoms with Crippen molar-refractivity contribution in [2.24, 2.45) is 0 Å². The fourth-order valence-electron chi connectivity index (χ4n) is 2.20. The zero-order chi connectivity index (χ0) is 14.4. The van der Waals surface area contributed by atoms with Gasteiger partial charge in [0.05, 0.1) is 6.42 Å². The van der Waals surface area contributed by atoms with Gasteiger partial charge in [-0.3, -0.25) is 4.79 Å². The molecule has 0 unspecified atom stereocenters. The van der Waals surface area contributed by atoms with E-state index in [2.05, 4.69) is 16.0 Å². The summed E-state index contributed by atoms with van der Waals surface area (Å²) in [7, 11) is 0. The predicted molar refractivity (Wildman–Crippen MR) is 75.8 cm³/mol. The first-order valence-electron chi connectivity index (χ1n) is 6.72. The number of hydrogen-bond acceptors (Lipinski definition) is 3. The highest BCUT2D eigenvalue weighted by Crippen LogP contribution is 2.10. The lowest BCUT2D eigenvalue weighted by Crippen LogP contribution is -2.44. The third-order valence-corrected chi connectivity index (χ3v) is 3.24. The summed E-state index contributed by atoms with van der Waals surface area (Å²) in [6.45, 7) is 1.85. The van der Waals surface area contributed by atoms with E-state index in [0.29, 0.717) is 11.3 Å². The van der Waals surface area contributed by atoms with Gasteiger partial charge in [-0.2, -0.15) is 0 Å². The number of piperidine rings is 1. The summed E-state index contributed by atoms with van der Waals surface area (Å²) in [6.07, 6.45) is 1.86. The van der Waals surface area contributed by atoms with Crippen LogP contribution >= 0.6 is 0 Å². The van der Waals surface area contributed by atoms with Crippen LogP contribution in [0.5, 0.6) is 0 Å². The van der Waals surface area contributed by atoms with E-state index in [1.165, 1.54) is 0 Å². The molecular formula is C14H19N3O3. The number of hydrogen-bond donors (Lipinski definition) is 4. The fourth-order valence-corrected chi connectivity index (χ4v) is 2.20. The first-order valence-corrected chi connectivity index (χ1v) is 6.72. The van der Waals surface area contributed by atoms with Gasteiger partial charge in [0, 0.05) is 11.7 Å². The largest absolute Gasteiger partial charge is 0.481 e. The maximum absolute atomic E-state index is 11.8. The van der Waals surface area contributed by atoms with Gasteiger partial charge in [-0.25, -0.2) is 4.79 Å². The molecule has 1 aliphatic rings. The summed E-state index contributed by atoms with van der Waals surface area (Å²) >= 11 is 0. The molecule has 1 saturated heterocycles. The van der Waals surface area contributed by atoms with Gasteiger partial charge in [0.15, 0.2) is 0 Å². The van der Waals surface area contributed by atoms with Gasteiger partial charge in [0.25, 0.3) is 0 Å². The molecule has 6 nitrogen and oxygen atoms in total. The lowest BCUT2D eigenvalue weighted by atomic mass is 10.1. The summed E-state index contributed by atoms with van der Waals surface area (Å²) in [5, 5.41) is 17.6. The number of carbonyl (C=O) groups excluding carboxylic acids is 1. The summed E-state index contributed by atoms with van der Waals surface area (Å²) in [6, 6.07) is 6.81. The molecule has 1 heterocycles. The van der Waals surface area contributed by atoms with E-state index in [4.69, 9.17) is 5.11 Å². The zero-order valence-corrected chi connectivity index (χ0v) is 11.2. The van der Waals surface area contributed by atoms with Crippen LogP contribution in [-0.4, -0.2) is 36.2 Å². The van der Waals surface area contributed by atoms with E-state index in [1.807, 2.05) is 0 Å². The number of urea groups is 1. The zero-order valence-electron chi connectivity index (χ0n) is 11.2. The lowest BCUT2D eigenvalue weighted by molar-refractivity contribution is -0.136. The molecule has 1 aromatic carbocycles. The molecule has 108 valence electrons. The van der Waals surface area contributed by atoms with Crippen LogP contribution in [0.25, 0.3) is 0 Å². The van der Waals surface area contributed by atoms with Crippen molar-refractivity contribution in [2.75, 3.05) is 18.4 Å². The topological polar surface area (TPSA) is 90.5 Å². The van der Waals surface area contributed by atoms with E-state index in [-0.39, 0.29) is 18.5 Å². The van der Waals surface area contributed by atoms with Crippen LogP contribution in [0.3, 0.4) is 0 Å². The molecule has 1 aromatic rings. The van der Waals surface area contributed by atoms with Crippen molar-refractivity contribution in [2.45, 2.75) is 25.3 Å². The van der Waals surface area contributed by atoms with Crippen molar-refractivity contribution in [3.05, 3.63) is 29.8 Å². The lowest BCUT2D eigenvalue weighted by Gasteiger charge is -2.23. The number of nitrogens with one attached hydrogen (secondary N) is 3. The first-order chi connectivity index (χ1) is 9.63. The third-order valence-electron chi connectivity index (χ3n) is 3.24. The average Bonchev–Trinajstić information content (AvgIpc) is 2.41. The molecule has 6 heteroatoms. The Hall–Kier alpha value is -2.08. The quantitative estimate of drug-likeness (QED) is 0.665. The molecule has 0 saturated carbocycles. The van der Waals surface area contributed by atoms with Gasteiger partial charge in [-0.15, -0.1) is 0 Å². The highest BCUT2D eigenvalue weighted by atomic mass is 16.4. The Balaban J connectivity index is 1.82. The van der Waals surface area contributed by atoms with Crippen LogP contribution in [-0.2, 0) is 11.2 Å². The molecule has 20 heavy (non-hydrogen) atoms. The highest BCUT2D eigenvalue weighted by molar-refractivity contribution is 5.89. The summed E-state index contributed by atoms with van der Waals surface area (Å²) < 4.78 is 0. The van der Waals surface area contributed by atoms with Crippen LogP contribution < -0.4 is 16.0 Å².